The first-order valence-corrected chi connectivity index (χ1v) is 41.6. The summed E-state index contributed by atoms with van der Waals surface area (Å²) in [5.74, 6) is 2.08. The average molecular weight is 1860 g/mol. The first-order chi connectivity index (χ1) is 60.0. The molecule has 0 radical (unpaired) electrons. The van der Waals surface area contributed by atoms with Crippen molar-refractivity contribution in [3.05, 3.63) is 170 Å². The molecule has 2 amide bonds. The highest BCUT2D eigenvalue weighted by molar-refractivity contribution is 7.20. The normalized spacial score (nSPS) is 12.1. The summed E-state index contributed by atoms with van der Waals surface area (Å²) in [6.45, 7) is 56.8. The quantitative estimate of drug-likeness (QED) is 0.0158. The Hall–Kier alpha value is -13.2. The van der Waals surface area contributed by atoms with Crippen molar-refractivity contribution in [3.63, 3.8) is 0 Å². The number of aliphatic hydroxyl groups excluding tert-OH is 2. The number of thiazole rings is 1. The van der Waals surface area contributed by atoms with E-state index in [9.17, 15) is 52.7 Å². The topological polar surface area (TPSA) is 441 Å². The number of carbonyl (C=O) groups excluding carboxylic acids is 11. The molecule has 724 valence electrons. The monoisotopic (exact) mass is 1860 g/mol. The number of ether oxygens (including phenoxy) is 16. The van der Waals surface area contributed by atoms with E-state index in [1.165, 1.54) is 29.9 Å². The third-order valence-corrected chi connectivity index (χ3v) is 14.0. The van der Waals surface area contributed by atoms with Crippen molar-refractivity contribution in [2.75, 3.05) is 19.8 Å². The number of carbonyl (C=O) groups is 11. The number of hydrogen-bond donors (Lipinski definition) is 2. The van der Waals surface area contributed by atoms with Crippen molar-refractivity contribution >= 4 is 99.8 Å². The second kappa shape index (κ2) is 54.9. The second-order valence-electron chi connectivity index (χ2n) is 36.6. The maximum Gasteiger partial charge on any atom is 0.535 e. The Labute approximate surface area is 770 Å². The molecule has 0 spiro atoms. The van der Waals surface area contributed by atoms with Crippen LogP contribution in [0.2, 0.25) is 0 Å². The molecule has 0 aliphatic carbocycles. The maximum atomic E-state index is 11.7. The molecule has 0 saturated carbocycles. The van der Waals surface area contributed by atoms with Crippen LogP contribution in [0.3, 0.4) is 0 Å². The van der Waals surface area contributed by atoms with Gasteiger partial charge in [0, 0.05) is 18.3 Å². The molecule has 1 unspecified atom stereocenters. The fourth-order valence-corrected chi connectivity index (χ4v) is 9.10. The lowest BCUT2D eigenvalue weighted by Gasteiger charge is -2.26. The highest BCUT2D eigenvalue weighted by Gasteiger charge is 2.35. The molecular formula is C94H131N5O31S. The molecule has 1 aliphatic rings. The molecule has 8 rings (SSSR count). The molecule has 1 fully saturated rings. The summed E-state index contributed by atoms with van der Waals surface area (Å²) in [5.41, 5.74) is -0.750. The lowest BCUT2D eigenvalue weighted by Crippen LogP contribution is -2.35. The highest BCUT2D eigenvalue weighted by Crippen LogP contribution is 2.33. The van der Waals surface area contributed by atoms with Crippen LogP contribution in [0.5, 0.6) is 16.7 Å². The van der Waals surface area contributed by atoms with E-state index in [4.69, 9.17) is 78.3 Å². The number of terminal acetylenes is 1. The van der Waals surface area contributed by atoms with Gasteiger partial charge in [0.05, 0.1) is 16.3 Å². The Bertz CT molecular complexity index is 4720. The second-order valence-corrected chi connectivity index (χ2v) is 37.6. The minimum atomic E-state index is -1.05. The third kappa shape index (κ3) is 61.0. The standard InChI is InChI=1S/C20H24O3.C12H13NO3S.C11H13N3O3.C11H14O3.C9H13NO5.C8H16O4.C8H14O3.C8H12O3.C7H12O4/c1-19(2,3)23-18(21)22-17-13-11-16(12-14-17)20(4,5)15-9-7-6-8-10-15;1-12(2,3)16-11(14)15-10-13-8-6-4-5-7-9(8)17-10;1-11(2,3)16-10(15)17-14-9-7-5-4-6-8(9)12-13-14;1-11(2,3)14-10(12)13-9-7-5-4-6-8-9;1-9(2,3)14-8(13)15-10-6(11)4-5-7(10)12;1-6(9)5-11-7(10)12-8(2,3)4;2*1-5-6-10-7(9)11-8(2,3)4;1-7(2,3)11-6(9)10-5-4-8/h6-14H,1-5H3;2*4-7H,1-3H3;4-8H,1-3H3;4-5H2,1-3H3;6,9H,5H2,1-4H3;5H,1,6H2,2-4H3;1H,6H2,2-4H3;4-5,8H,1-3H3/b;;;;;;;;5-4-. The average Bonchev–Trinajstić information content (AvgIpc) is 1.56. The van der Waals surface area contributed by atoms with E-state index in [2.05, 4.69) is 77.6 Å². The molecule has 37 heteroatoms. The van der Waals surface area contributed by atoms with Crippen molar-refractivity contribution < 1.29 is 148 Å². The van der Waals surface area contributed by atoms with Crippen molar-refractivity contribution in [2.24, 2.45) is 0 Å². The predicted molar refractivity (Wildman–Crippen MR) is 487 cm³/mol. The summed E-state index contributed by atoms with van der Waals surface area (Å²) in [4.78, 5) is 136. The van der Waals surface area contributed by atoms with Crippen LogP contribution >= 0.6 is 11.3 Å². The molecule has 36 nitrogen and oxygen atoms in total. The Morgan fingerprint density at radius 2 is 0.802 bits per heavy atom. The fraction of sp³-hybridized carbons (Fsp3) is 0.489. The van der Waals surface area contributed by atoms with Crippen LogP contribution in [-0.2, 0) is 81.4 Å². The van der Waals surface area contributed by atoms with Gasteiger partial charge in [0.25, 0.3) is 17.0 Å². The smallest absolute Gasteiger partial charge is 0.512 e. The Kier molecular flexibility index (Phi) is 49.4. The van der Waals surface area contributed by atoms with Gasteiger partial charge in [-0.2, -0.15) is 0 Å². The fourth-order valence-electron chi connectivity index (χ4n) is 8.29. The van der Waals surface area contributed by atoms with Crippen LogP contribution in [0.15, 0.2) is 159 Å². The van der Waals surface area contributed by atoms with Gasteiger partial charge in [0.15, 0.2) is 6.61 Å². The molecule has 2 aromatic heterocycles. The van der Waals surface area contributed by atoms with Crippen LogP contribution in [0.1, 0.15) is 232 Å². The van der Waals surface area contributed by atoms with Gasteiger partial charge in [-0.3, -0.25) is 19.3 Å². The van der Waals surface area contributed by atoms with E-state index in [-0.39, 0.29) is 38.1 Å². The van der Waals surface area contributed by atoms with E-state index in [1.807, 2.05) is 66.7 Å². The number of aromatic nitrogens is 4. The molecule has 7 aromatic rings. The van der Waals surface area contributed by atoms with E-state index in [1.54, 1.807) is 242 Å². The number of imide groups is 1. The third-order valence-electron chi connectivity index (χ3n) is 13.1. The zero-order valence-corrected chi connectivity index (χ0v) is 81.5. The van der Waals surface area contributed by atoms with Gasteiger partial charge >= 0.3 is 55.4 Å². The van der Waals surface area contributed by atoms with E-state index >= 15 is 0 Å². The summed E-state index contributed by atoms with van der Waals surface area (Å²) >= 11 is 1.32. The summed E-state index contributed by atoms with van der Waals surface area (Å²) in [5, 5.41) is 25.2. The molecule has 131 heavy (non-hydrogen) atoms. The van der Waals surface area contributed by atoms with E-state index < -0.39 is 124 Å². The Morgan fingerprint density at radius 3 is 1.22 bits per heavy atom. The number of fused-ring (bicyclic) bond motifs is 2. The van der Waals surface area contributed by atoms with Gasteiger partial charge in [0.1, 0.15) is 98.7 Å². The minimum absolute atomic E-state index is 0.0328. The molecule has 0 bridgehead atoms. The molecule has 1 atom stereocenters. The lowest BCUT2D eigenvalue weighted by atomic mass is 9.78. The van der Waals surface area contributed by atoms with Gasteiger partial charge in [0.2, 0.25) is 0 Å². The number of aliphatic hydroxyl groups is 2. The van der Waals surface area contributed by atoms with Crippen molar-refractivity contribution in [1.82, 2.24) is 25.2 Å². The minimum Gasteiger partial charge on any atom is -0.512 e. The van der Waals surface area contributed by atoms with Gasteiger partial charge < -0.3 is 86.0 Å². The number of hydroxylamine groups is 2. The van der Waals surface area contributed by atoms with Gasteiger partial charge in [-0.15, -0.1) is 11.5 Å². The molecule has 1 aliphatic heterocycles. The van der Waals surface area contributed by atoms with E-state index in [0.717, 1.165) is 26.9 Å². The van der Waals surface area contributed by atoms with Gasteiger partial charge in [-0.05, 0) is 259 Å². The van der Waals surface area contributed by atoms with Crippen LogP contribution in [0.4, 0.5) is 43.2 Å². The van der Waals surface area contributed by atoms with E-state index in [0.29, 0.717) is 39.1 Å². The van der Waals surface area contributed by atoms with Crippen LogP contribution in [-0.4, -0.2) is 179 Å². The largest absolute Gasteiger partial charge is 0.535 e. The molecule has 5 aromatic carbocycles. The number of nitrogens with zero attached hydrogens (tertiary/aromatic N) is 5. The molecular weight excluding hydrogens is 1730 g/mol. The predicted octanol–water partition coefficient (Wildman–Crippen LogP) is 21.7. The molecule has 1 saturated heterocycles. The summed E-state index contributed by atoms with van der Waals surface area (Å²) in [7, 11) is 0. The summed E-state index contributed by atoms with van der Waals surface area (Å²) in [6.07, 6.45) is 0.380. The molecule has 3 heterocycles. The van der Waals surface area contributed by atoms with Crippen molar-refractivity contribution in [1.29, 1.82) is 0 Å². The first kappa shape index (κ1) is 118. The number of benzene rings is 5. The first-order valence-electron chi connectivity index (χ1n) is 40.8. The van der Waals surface area contributed by atoms with Crippen molar-refractivity contribution in [3.8, 4) is 29.0 Å². The summed E-state index contributed by atoms with van der Waals surface area (Å²) < 4.78 is 78.1. The van der Waals surface area contributed by atoms with Crippen molar-refractivity contribution in [2.45, 2.75) is 282 Å². The number of hydrogen-bond acceptors (Lipinski definition) is 35. The Balaban J connectivity index is 0.00000147. The summed E-state index contributed by atoms with van der Waals surface area (Å²) in [6, 6.07) is 41.5. The van der Waals surface area contributed by atoms with Gasteiger partial charge in [-0.25, -0.2) is 48.1 Å². The zero-order valence-electron chi connectivity index (χ0n) is 80.7. The van der Waals surface area contributed by atoms with Crippen LogP contribution in [0.25, 0.3) is 21.3 Å². The maximum absolute atomic E-state index is 11.7. The zero-order chi connectivity index (χ0) is 101. The lowest BCUT2D eigenvalue weighted by molar-refractivity contribution is -0.180. The number of rotatable bonds is 13. The number of para-hydroxylation sites is 3. The molecule has 2 N–H and O–H groups in total. The SMILES string of the molecule is C#CCOC(=O)OC(C)(C)C.C=CCOC(=O)OC(C)(C)C.CC(C)(C)OC(=O)O/C=C\O.CC(C)(C)OC(=O)ON1C(=O)CCC1=O.CC(C)(C)OC(=O)Oc1ccc(C(C)(C)c2ccccc2)cc1.CC(C)(C)OC(=O)Oc1ccccc1.CC(C)(C)OC(=O)Oc1nc2ccccc2s1.CC(C)(C)OC(=O)On1nnc2ccccc21.CC(O)COC(=O)OC(C)(C)C. The Morgan fingerprint density at radius 1 is 0.443 bits per heavy atom. The van der Waals surface area contributed by atoms with Crippen LogP contribution in [0, 0.1) is 12.3 Å². The number of amides is 2. The highest BCUT2D eigenvalue weighted by atomic mass is 32.1. The van der Waals surface area contributed by atoms with Gasteiger partial charge in [-0.1, -0.05) is 139 Å². The van der Waals surface area contributed by atoms with Crippen LogP contribution < -0.4 is 19.0 Å².